The van der Waals surface area contributed by atoms with Crippen LogP contribution in [0.5, 0.6) is 0 Å². The third-order valence-corrected chi connectivity index (χ3v) is 3.39. The molecule has 0 saturated heterocycles. The molecule has 128 valence electrons. The molecule has 0 radical (unpaired) electrons. The van der Waals surface area contributed by atoms with Crippen LogP contribution in [0.1, 0.15) is 20.8 Å². The van der Waals surface area contributed by atoms with E-state index in [1.807, 2.05) is 0 Å². The molecule has 0 aliphatic carbocycles. The highest BCUT2D eigenvalue weighted by atomic mass is 32.2. The van der Waals surface area contributed by atoms with Crippen molar-refractivity contribution in [1.29, 1.82) is 0 Å². The predicted octanol–water partition coefficient (Wildman–Crippen LogP) is 1.67. The summed E-state index contributed by atoms with van der Waals surface area (Å²) in [6.07, 6.45) is 0. The molecule has 0 aromatic rings. The Kier molecular flexibility index (Phi) is 7.46. The van der Waals surface area contributed by atoms with E-state index < -0.39 is 23.2 Å². The smallest absolute Gasteiger partial charge is 0.367 e. The first-order valence-corrected chi connectivity index (χ1v) is 7.79. The van der Waals surface area contributed by atoms with Crippen LogP contribution >= 0.6 is 11.8 Å². The van der Waals surface area contributed by atoms with Crippen molar-refractivity contribution in [2.24, 2.45) is 0 Å². The number of esters is 1. The average Bonchev–Trinajstić information content (AvgIpc) is 2.79. The van der Waals surface area contributed by atoms with Crippen LogP contribution in [-0.2, 0) is 28.5 Å². The molecule has 23 heavy (non-hydrogen) atoms. The predicted molar refractivity (Wildman–Crippen MR) is 82.1 cm³/mol. The summed E-state index contributed by atoms with van der Waals surface area (Å²) < 4.78 is 20.0. The molecule has 0 unspecified atom stereocenters. The van der Waals surface area contributed by atoms with E-state index in [9.17, 15) is 14.4 Å². The lowest BCUT2D eigenvalue weighted by molar-refractivity contribution is -0.146. The van der Waals surface area contributed by atoms with Gasteiger partial charge in [-0.2, -0.15) is 0 Å². The highest BCUT2D eigenvalue weighted by Crippen LogP contribution is 2.23. The Morgan fingerprint density at radius 1 is 1.30 bits per heavy atom. The highest BCUT2D eigenvalue weighted by molar-refractivity contribution is 8.13. The summed E-state index contributed by atoms with van der Waals surface area (Å²) in [7, 11) is 0. The van der Waals surface area contributed by atoms with E-state index in [0.717, 1.165) is 11.8 Å². The molecule has 1 N–H and O–H groups in total. The first kappa shape index (κ1) is 18.9. The third kappa shape index (κ3) is 6.64. The van der Waals surface area contributed by atoms with Crippen LogP contribution < -0.4 is 5.32 Å². The second-order valence-corrected chi connectivity index (χ2v) is 5.37. The maximum atomic E-state index is 11.7. The number of rotatable bonds is 7. The summed E-state index contributed by atoms with van der Waals surface area (Å²) in [6.45, 7) is 8.13. The summed E-state index contributed by atoms with van der Waals surface area (Å²) in [5, 5.41) is 1.80. The van der Waals surface area contributed by atoms with Crippen molar-refractivity contribution >= 4 is 28.9 Å². The van der Waals surface area contributed by atoms with Gasteiger partial charge in [0.05, 0.1) is 6.61 Å². The van der Waals surface area contributed by atoms with Crippen molar-refractivity contribution in [2.45, 2.75) is 26.8 Å². The molecule has 1 amide bonds. The summed E-state index contributed by atoms with van der Waals surface area (Å²) >= 11 is 0.748. The van der Waals surface area contributed by atoms with Crippen LogP contribution in [0.3, 0.4) is 0 Å². The molecule has 1 rings (SSSR count). The van der Waals surface area contributed by atoms with Gasteiger partial charge in [-0.05, 0) is 32.2 Å². The number of nitrogens with one attached hydrogen (secondary N) is 1. The van der Waals surface area contributed by atoms with Crippen LogP contribution in [0.2, 0.25) is 0 Å². The summed E-state index contributed by atoms with van der Waals surface area (Å²) in [5.41, 5.74) is 0. The molecule has 9 heteroatoms. The summed E-state index contributed by atoms with van der Waals surface area (Å²) in [6, 6.07) is -0.920. The second-order valence-electron chi connectivity index (χ2n) is 4.41. The number of hydrogen-bond donors (Lipinski definition) is 1. The van der Waals surface area contributed by atoms with Gasteiger partial charge >= 0.3 is 11.3 Å². The van der Waals surface area contributed by atoms with Gasteiger partial charge in [-0.25, -0.2) is 9.59 Å². The number of thioether (sulfide) groups is 1. The van der Waals surface area contributed by atoms with Crippen LogP contribution in [0.25, 0.3) is 0 Å². The molecular formula is C14H19NO7S. The van der Waals surface area contributed by atoms with Gasteiger partial charge in [0.25, 0.3) is 5.95 Å². The quantitative estimate of drug-likeness (QED) is 0.696. The van der Waals surface area contributed by atoms with E-state index in [4.69, 9.17) is 18.9 Å². The van der Waals surface area contributed by atoms with Gasteiger partial charge in [-0.15, -0.1) is 0 Å². The lowest BCUT2D eigenvalue weighted by Crippen LogP contribution is -2.42. The molecule has 0 aromatic carbocycles. The topological polar surface area (TPSA) is 100 Å². The van der Waals surface area contributed by atoms with Gasteiger partial charge in [-0.3, -0.25) is 4.79 Å². The second kappa shape index (κ2) is 9.09. The fourth-order valence-corrected chi connectivity index (χ4v) is 2.23. The van der Waals surface area contributed by atoms with Crippen molar-refractivity contribution in [3.05, 3.63) is 24.0 Å². The van der Waals surface area contributed by atoms with Crippen LogP contribution in [-0.4, -0.2) is 42.2 Å². The standard InChI is InChI=1S/C14H19NO7S/c1-5-19-13(17)11(15-9(3)16)7-23-14(18)20-6-12-8(2)21-10(4)22-12/h11H,4-7H2,1-3H3,(H,15,16)/t11-/m0/s1. The fourth-order valence-electron chi connectivity index (χ4n) is 1.56. The normalized spacial score (nSPS) is 14.7. The van der Waals surface area contributed by atoms with Crippen LogP contribution in [0.15, 0.2) is 24.0 Å². The van der Waals surface area contributed by atoms with Gasteiger partial charge in [0, 0.05) is 12.7 Å². The molecular weight excluding hydrogens is 326 g/mol. The molecule has 0 saturated carbocycles. The molecule has 0 bridgehead atoms. The first-order chi connectivity index (χ1) is 10.8. The van der Waals surface area contributed by atoms with Crippen LogP contribution in [0.4, 0.5) is 4.79 Å². The largest absolute Gasteiger partial charge is 0.464 e. The van der Waals surface area contributed by atoms with E-state index in [1.54, 1.807) is 13.8 Å². The van der Waals surface area contributed by atoms with E-state index in [2.05, 4.69) is 11.9 Å². The number of carbonyl (C=O) groups is 3. The molecule has 1 aliphatic heterocycles. The van der Waals surface area contributed by atoms with Crippen molar-refractivity contribution in [3.8, 4) is 0 Å². The Balaban J connectivity index is 2.42. The van der Waals surface area contributed by atoms with E-state index in [0.29, 0.717) is 11.5 Å². The van der Waals surface area contributed by atoms with Crippen LogP contribution in [0, 0.1) is 0 Å². The molecule has 0 fully saturated rings. The van der Waals surface area contributed by atoms with Crippen molar-refractivity contribution in [1.82, 2.24) is 5.32 Å². The minimum atomic E-state index is -0.920. The van der Waals surface area contributed by atoms with Gasteiger partial charge in [0.15, 0.2) is 12.4 Å². The number of allylic oxidation sites excluding steroid dienone is 1. The summed E-state index contributed by atoms with van der Waals surface area (Å²) in [5.74, 6) is -0.0603. The molecule has 1 heterocycles. The Morgan fingerprint density at radius 3 is 2.52 bits per heavy atom. The zero-order chi connectivity index (χ0) is 17.4. The zero-order valence-electron chi connectivity index (χ0n) is 13.2. The third-order valence-electron chi connectivity index (χ3n) is 2.53. The molecule has 8 nitrogen and oxygen atoms in total. The Hall–Kier alpha value is -2.16. The number of amides is 1. The fraction of sp³-hybridized carbons (Fsp3) is 0.500. The van der Waals surface area contributed by atoms with E-state index >= 15 is 0 Å². The number of carbonyl (C=O) groups excluding carboxylic acids is 3. The first-order valence-electron chi connectivity index (χ1n) is 6.81. The van der Waals surface area contributed by atoms with Gasteiger partial charge in [-0.1, -0.05) is 0 Å². The lowest BCUT2D eigenvalue weighted by atomic mass is 10.3. The van der Waals surface area contributed by atoms with E-state index in [-0.39, 0.29) is 24.9 Å². The van der Waals surface area contributed by atoms with Gasteiger partial charge < -0.3 is 24.3 Å². The minimum Gasteiger partial charge on any atom is -0.464 e. The zero-order valence-corrected chi connectivity index (χ0v) is 14.0. The SMILES string of the molecule is C=C1OC(C)=C(COC(=O)SC[C@H](NC(C)=O)C(=O)OCC)O1. The maximum absolute atomic E-state index is 11.7. The van der Waals surface area contributed by atoms with Crippen molar-refractivity contribution in [3.63, 3.8) is 0 Å². The Morgan fingerprint density at radius 2 is 2.00 bits per heavy atom. The molecule has 1 aliphatic rings. The summed E-state index contributed by atoms with van der Waals surface area (Å²) in [4.78, 5) is 34.5. The molecule has 0 aromatic heterocycles. The molecule has 0 spiro atoms. The van der Waals surface area contributed by atoms with Crippen molar-refractivity contribution < 1.29 is 33.3 Å². The van der Waals surface area contributed by atoms with Gasteiger partial charge in [0.2, 0.25) is 5.91 Å². The Labute approximate surface area is 138 Å². The maximum Gasteiger partial charge on any atom is 0.367 e. The van der Waals surface area contributed by atoms with Gasteiger partial charge in [0.1, 0.15) is 11.8 Å². The van der Waals surface area contributed by atoms with Crippen molar-refractivity contribution in [2.75, 3.05) is 19.0 Å². The van der Waals surface area contributed by atoms with E-state index in [1.165, 1.54) is 6.92 Å². The lowest BCUT2D eigenvalue weighted by Gasteiger charge is -2.15. The average molecular weight is 345 g/mol. The Bertz CT molecular complexity index is 529. The number of ether oxygens (including phenoxy) is 4. The molecule has 1 atom stereocenters. The minimum absolute atomic E-state index is 0.000653. The number of hydrogen-bond acceptors (Lipinski definition) is 8. The highest BCUT2D eigenvalue weighted by Gasteiger charge is 2.24. The monoisotopic (exact) mass is 345 g/mol.